The van der Waals surface area contributed by atoms with E-state index in [4.69, 9.17) is 68.8 Å². The number of aromatic nitrogens is 4. The van der Waals surface area contributed by atoms with E-state index in [-0.39, 0.29) is 62.1 Å². The second-order valence-corrected chi connectivity index (χ2v) is 34.3. The first-order chi connectivity index (χ1) is 61.3. The molecule has 0 atom stereocenters. The Labute approximate surface area is 736 Å². The molecule has 7 N–H and O–H groups in total. The number of sulfonamides is 1. The Morgan fingerprint density at radius 3 is 1.11 bits per heavy atom. The summed E-state index contributed by atoms with van der Waals surface area (Å²) in [5, 5.41) is 19.8. The lowest BCUT2D eigenvalue weighted by Crippen LogP contribution is -2.32. The van der Waals surface area contributed by atoms with Gasteiger partial charge in [-0.1, -0.05) is 103 Å². The van der Waals surface area contributed by atoms with Crippen molar-refractivity contribution in [1.29, 1.82) is 0 Å². The second kappa shape index (κ2) is 35.0. The number of anilines is 4. The smallest absolute Gasteiger partial charge is 0.407 e. The van der Waals surface area contributed by atoms with E-state index < -0.39 is 49.2 Å². The van der Waals surface area contributed by atoms with Crippen molar-refractivity contribution in [2.24, 2.45) is 5.14 Å². The molecule has 4 fully saturated rings. The monoisotopic (exact) mass is 1750 g/mol. The highest BCUT2D eigenvalue weighted by atomic mass is 35.5. The van der Waals surface area contributed by atoms with Crippen LogP contribution in [0.1, 0.15) is 101 Å². The fourth-order valence-corrected chi connectivity index (χ4v) is 16.0. The molecule has 0 saturated heterocycles. The van der Waals surface area contributed by atoms with Crippen LogP contribution in [0, 0.1) is 5.82 Å². The van der Waals surface area contributed by atoms with Crippen molar-refractivity contribution in [1.82, 2.24) is 25.3 Å². The first-order valence-corrected chi connectivity index (χ1v) is 42.8. The fourth-order valence-electron chi connectivity index (χ4n) is 15.3. The molecule has 28 nitrogen and oxygen atoms in total. The molecule has 4 aromatic heterocycles. The van der Waals surface area contributed by atoms with Crippen LogP contribution in [0.2, 0.25) is 5.02 Å². The van der Waals surface area contributed by atoms with E-state index in [1.54, 1.807) is 80.9 Å². The lowest BCUT2D eigenvalue weighted by Gasteiger charge is -2.19. The summed E-state index contributed by atoms with van der Waals surface area (Å²) in [7, 11) is -0.573. The second-order valence-electron chi connectivity index (χ2n) is 32.3. The van der Waals surface area contributed by atoms with Gasteiger partial charge in [0.2, 0.25) is 60.8 Å². The number of nitrogens with one attached hydrogen (secondary N) is 5. The zero-order valence-electron chi connectivity index (χ0n) is 69.5. The topological polar surface area (TPSA) is 359 Å². The van der Waals surface area contributed by atoms with Gasteiger partial charge in [-0.05, 0) is 239 Å². The maximum absolute atomic E-state index is 13.4. The molecule has 20 rings (SSSR count). The Morgan fingerprint density at radius 2 is 0.764 bits per heavy atom. The number of carbonyl (C=O) groups excluding carboxylic acids is 5. The molecule has 127 heavy (non-hydrogen) atoms. The number of nitrogens with zero attached hydrogens (tertiary/aromatic N) is 4. The first kappa shape index (κ1) is 84.8. The van der Waals surface area contributed by atoms with E-state index >= 15 is 0 Å². The molecule has 0 spiro atoms. The van der Waals surface area contributed by atoms with Gasteiger partial charge in [-0.2, -0.15) is 0 Å². The van der Waals surface area contributed by atoms with Gasteiger partial charge in [0.15, 0.2) is 57.5 Å². The summed E-state index contributed by atoms with van der Waals surface area (Å²) in [5.41, 5.74) is 7.43. The number of hydrogen-bond acceptors (Lipinski definition) is 22. The molecule has 8 aliphatic rings. The number of halogens is 2. The minimum Gasteiger partial charge on any atom is -0.493 e. The normalized spacial score (nSPS) is 15.6. The van der Waals surface area contributed by atoms with Gasteiger partial charge in [0, 0.05) is 30.2 Å². The van der Waals surface area contributed by atoms with Crippen LogP contribution < -0.4 is 79.1 Å². The SMILES string of the molecule is CC(C)(C)OC(=O)NCc1ccc(-c2cccc(NC(=O)C3(c4ccc5c(c4)OCO5)CC3)n2)cc1.COc1cccc(-c2cccc(NC(=O)C3(c4ccc5c(c4)OCO5)CC3)n2)c1OC.NS(=O)(=O)c1ccc(-c2cccc(NC(=O)C3(c4ccc5c(c4)OCO5)CC3)n2)cc1.O=C(Nc1cccc(-c2ccc(F)c(Cl)c2)n1)C1(c2ccc3c(c2)OCO3)CC1.[HH]. The highest BCUT2D eigenvalue weighted by Crippen LogP contribution is 2.55. The van der Waals surface area contributed by atoms with Crippen LogP contribution in [0.3, 0.4) is 0 Å². The third kappa shape index (κ3) is 18.6. The maximum atomic E-state index is 13.4. The Hall–Kier alpha value is -14.4. The zero-order valence-corrected chi connectivity index (χ0v) is 71.1. The van der Waals surface area contributed by atoms with Crippen LogP contribution in [-0.2, 0) is 62.1 Å². The number of methoxy groups -OCH3 is 2. The molecule has 4 aliphatic carbocycles. The molecule has 4 saturated carbocycles. The number of ether oxygens (including phenoxy) is 11. The maximum Gasteiger partial charge on any atom is 0.407 e. The van der Waals surface area contributed by atoms with E-state index in [0.29, 0.717) is 116 Å². The van der Waals surface area contributed by atoms with E-state index in [0.717, 1.165) is 96.0 Å². The average molecular weight is 1760 g/mol. The Morgan fingerprint density at radius 1 is 0.425 bits per heavy atom. The number of pyridine rings is 4. The molecule has 8 heterocycles. The lowest BCUT2D eigenvalue weighted by molar-refractivity contribution is -0.119. The number of nitrogens with two attached hydrogens (primary N) is 1. The van der Waals surface area contributed by atoms with E-state index in [9.17, 15) is 36.8 Å². The number of hydrogen-bond donors (Lipinski definition) is 6. The zero-order chi connectivity index (χ0) is 88.4. The van der Waals surface area contributed by atoms with Crippen molar-refractivity contribution in [3.8, 4) is 103 Å². The molecule has 0 unspecified atom stereocenters. The van der Waals surface area contributed by atoms with Crippen LogP contribution >= 0.6 is 11.6 Å². The van der Waals surface area contributed by atoms with Gasteiger partial charge >= 0.3 is 6.09 Å². The summed E-state index contributed by atoms with van der Waals surface area (Å²) in [6, 6.07) is 68.1. The van der Waals surface area contributed by atoms with Crippen molar-refractivity contribution >= 4 is 74.6 Å². The number of rotatable bonds is 21. The molecule has 0 bridgehead atoms. The van der Waals surface area contributed by atoms with Crippen LogP contribution in [0.4, 0.5) is 32.5 Å². The van der Waals surface area contributed by atoms with Gasteiger partial charge < -0.3 is 78.7 Å². The predicted molar refractivity (Wildman–Crippen MR) is 472 cm³/mol. The van der Waals surface area contributed by atoms with Crippen molar-refractivity contribution in [3.63, 3.8) is 0 Å². The van der Waals surface area contributed by atoms with Crippen molar-refractivity contribution in [3.05, 3.63) is 269 Å². The van der Waals surface area contributed by atoms with Crippen LogP contribution in [0.5, 0.6) is 57.5 Å². The quantitative estimate of drug-likeness (QED) is 0.0389. The standard InChI is InChI=1S/C28H29N3O5.C24H22N2O5.C22H16ClFN2O3.C22H19N3O5S.H2/c1-27(2,3)36-26(33)29-16-18-7-9-19(10-8-18)21-5-4-6-24(30-21)31-25(32)28(13-14-28)20-11-12-22-23(15-20)35-17-34-22;1-28-19-7-3-5-16(22(19)29-2)17-6-4-8-21(25-17)26-23(27)24(11-12-24)15-9-10-18-20(13-15)31-14-30-18;23-15-10-13(4-6-16(15)24)17-2-1-3-20(25-17)26-21(27)22(8-9-22)14-5-7-18-19(11-14)29-12-28-18;23-31(27,28)16-7-4-14(5-8-16)17-2-1-3-20(24-17)25-21(26)22(10-11-22)15-6-9-18-19(12-15)30-13-29-18;/h4-12,15H,13-14,16-17H2,1-3H3,(H,29,33)(H,30,31,32);3-10,13H,11-12,14H2,1-2H3,(H,25,26,27);1-7,10-11H,8-9,12H2,(H,25,26,27);1-9,12H,10-11,13H2,(H2,23,27,28)(H,24,25,26);1H. The van der Waals surface area contributed by atoms with Crippen molar-refractivity contribution in [2.45, 2.75) is 111 Å². The number of fused-ring (bicyclic) bond motifs is 4. The molecule has 5 amide bonds. The summed E-state index contributed by atoms with van der Waals surface area (Å²) < 4.78 is 95.8. The molecule has 0 radical (unpaired) electrons. The number of para-hydroxylation sites is 1. The third-order valence-corrected chi connectivity index (χ3v) is 24.1. The van der Waals surface area contributed by atoms with Crippen molar-refractivity contribution < 1.29 is 90.3 Å². The Balaban J connectivity index is 0.000000125. The Bertz CT molecular complexity index is 6410. The van der Waals surface area contributed by atoms with Gasteiger partial charge in [0.25, 0.3) is 0 Å². The third-order valence-electron chi connectivity index (χ3n) is 22.9. The summed E-state index contributed by atoms with van der Waals surface area (Å²) in [4.78, 5) is 82.8. The average Bonchev–Trinajstić information content (AvgIpc) is 1.60. The van der Waals surface area contributed by atoms with E-state index in [1.165, 1.54) is 24.3 Å². The minimum atomic E-state index is -3.76. The molecule has 12 aromatic rings. The van der Waals surface area contributed by atoms with Gasteiger partial charge in [-0.15, -0.1) is 0 Å². The summed E-state index contributed by atoms with van der Waals surface area (Å²) >= 11 is 5.87. The van der Waals surface area contributed by atoms with Crippen LogP contribution in [0.15, 0.2) is 235 Å². The highest BCUT2D eigenvalue weighted by Gasteiger charge is 2.55. The highest BCUT2D eigenvalue weighted by molar-refractivity contribution is 7.89. The van der Waals surface area contributed by atoms with E-state index in [2.05, 4.69) is 46.5 Å². The van der Waals surface area contributed by atoms with E-state index in [1.807, 2.05) is 160 Å². The number of benzene rings is 8. The fraction of sp³-hybridized carbons (Fsp3) is 0.240. The molecule has 650 valence electrons. The van der Waals surface area contributed by atoms with Crippen molar-refractivity contribution in [2.75, 3.05) is 62.7 Å². The Kier molecular flexibility index (Phi) is 23.4. The lowest BCUT2D eigenvalue weighted by atomic mass is 9.94. The number of primary sulfonamides is 1. The number of amides is 5. The van der Waals surface area contributed by atoms with Gasteiger partial charge in [-0.25, -0.2) is 42.7 Å². The van der Waals surface area contributed by atoms with Crippen LogP contribution in [-0.4, -0.2) is 105 Å². The molecule has 8 aromatic carbocycles. The number of alkyl carbamates (subject to hydrolysis) is 1. The first-order valence-electron chi connectivity index (χ1n) is 40.9. The van der Waals surface area contributed by atoms with Gasteiger partial charge in [0.1, 0.15) is 34.7 Å². The number of carbonyl (C=O) groups is 5. The molecule has 4 aliphatic heterocycles. The summed E-state index contributed by atoms with van der Waals surface area (Å²) in [6.07, 6.45) is 5.65. The van der Waals surface area contributed by atoms with Crippen LogP contribution in [0.25, 0.3) is 45.0 Å². The molecular formula is C96H88ClFN10O18S. The van der Waals surface area contributed by atoms with Gasteiger partial charge in [0.05, 0.1) is 68.6 Å². The molecular weight excluding hydrogens is 1670 g/mol. The largest absolute Gasteiger partial charge is 0.493 e. The minimum absolute atomic E-state index is 0. The predicted octanol–water partition coefficient (Wildman–Crippen LogP) is 17.3. The summed E-state index contributed by atoms with van der Waals surface area (Å²) in [5.74, 6) is 7.65. The summed E-state index contributed by atoms with van der Waals surface area (Å²) in [6.45, 7) is 6.64. The van der Waals surface area contributed by atoms with Gasteiger partial charge in [-0.3, -0.25) is 19.2 Å². The molecule has 31 heteroatoms.